The summed E-state index contributed by atoms with van der Waals surface area (Å²) in [5.41, 5.74) is 2.92. The van der Waals surface area contributed by atoms with E-state index in [-0.39, 0.29) is 17.9 Å². The molecule has 0 spiro atoms. The summed E-state index contributed by atoms with van der Waals surface area (Å²) in [5.74, 6) is 0.206. The van der Waals surface area contributed by atoms with E-state index < -0.39 is 5.60 Å². The monoisotopic (exact) mass is 472 g/mol. The Balaban J connectivity index is 1.93. The van der Waals surface area contributed by atoms with E-state index in [4.69, 9.17) is 16.3 Å². The highest BCUT2D eigenvalue weighted by Gasteiger charge is 2.35. The number of carbonyl (C=O) groups is 1. The molecule has 1 aliphatic rings. The fraction of sp³-hybridized carbons (Fsp3) is 0.519. The third-order valence-electron chi connectivity index (χ3n) is 6.63. The number of hydrogen-bond donors (Lipinski definition) is 3. The van der Waals surface area contributed by atoms with Crippen LogP contribution in [0.2, 0.25) is 5.02 Å². The van der Waals surface area contributed by atoms with Crippen LogP contribution < -0.4 is 10.6 Å². The lowest BCUT2D eigenvalue weighted by Gasteiger charge is -2.39. The van der Waals surface area contributed by atoms with Gasteiger partial charge in [-0.25, -0.2) is 0 Å². The summed E-state index contributed by atoms with van der Waals surface area (Å²) in [7, 11) is 1.41. The summed E-state index contributed by atoms with van der Waals surface area (Å²) in [6.45, 7) is 5.80. The van der Waals surface area contributed by atoms with Crippen molar-refractivity contribution >= 4 is 34.6 Å². The van der Waals surface area contributed by atoms with Crippen molar-refractivity contribution in [2.75, 3.05) is 17.7 Å². The molecule has 1 fully saturated rings. The Morgan fingerprint density at radius 1 is 1.12 bits per heavy atom. The molecule has 3 rings (SSSR count). The molecule has 0 heterocycles. The molecule has 33 heavy (non-hydrogen) atoms. The Morgan fingerprint density at radius 2 is 1.79 bits per heavy atom. The molecule has 180 valence electrons. The van der Waals surface area contributed by atoms with Crippen LogP contribution in [0.25, 0.3) is 0 Å². The van der Waals surface area contributed by atoms with Crippen molar-refractivity contribution in [3.8, 4) is 0 Å². The van der Waals surface area contributed by atoms with Gasteiger partial charge in [-0.3, -0.25) is 4.79 Å². The molecule has 0 saturated heterocycles. The van der Waals surface area contributed by atoms with Gasteiger partial charge in [-0.05, 0) is 80.5 Å². The van der Waals surface area contributed by atoms with Gasteiger partial charge < -0.3 is 20.5 Å². The van der Waals surface area contributed by atoms with Crippen LogP contribution in [0.4, 0.5) is 17.1 Å². The van der Waals surface area contributed by atoms with Crippen LogP contribution in [0, 0.1) is 5.92 Å². The average molecular weight is 473 g/mol. The molecule has 2 aromatic carbocycles. The SMILES string of the molecule is COC(=O)CC(C)c1ccc(NC(C2CCCCC2)C(C)(C)O)c(Nc2ccc(Cl)cc2)c1. The molecule has 0 aliphatic heterocycles. The van der Waals surface area contributed by atoms with E-state index in [1.807, 2.05) is 57.2 Å². The zero-order valence-corrected chi connectivity index (χ0v) is 20.9. The van der Waals surface area contributed by atoms with Gasteiger partial charge in [-0.1, -0.05) is 43.9 Å². The van der Waals surface area contributed by atoms with Gasteiger partial charge in [0, 0.05) is 10.7 Å². The molecule has 2 aromatic rings. The maximum Gasteiger partial charge on any atom is 0.306 e. The number of anilines is 3. The van der Waals surface area contributed by atoms with Gasteiger partial charge in [0.15, 0.2) is 0 Å². The topological polar surface area (TPSA) is 70.6 Å². The van der Waals surface area contributed by atoms with Crippen LogP contribution in [0.15, 0.2) is 42.5 Å². The van der Waals surface area contributed by atoms with Crippen molar-refractivity contribution in [3.05, 3.63) is 53.1 Å². The molecule has 3 N–H and O–H groups in total. The third kappa shape index (κ3) is 7.12. The number of ether oxygens (including phenoxy) is 1. The van der Waals surface area contributed by atoms with Crippen LogP contribution in [0.5, 0.6) is 0 Å². The molecular weight excluding hydrogens is 436 g/mol. The van der Waals surface area contributed by atoms with Gasteiger partial charge >= 0.3 is 5.97 Å². The van der Waals surface area contributed by atoms with Gasteiger partial charge in [-0.2, -0.15) is 0 Å². The Hall–Kier alpha value is -2.24. The van der Waals surface area contributed by atoms with E-state index in [9.17, 15) is 9.90 Å². The lowest BCUT2D eigenvalue weighted by molar-refractivity contribution is -0.140. The molecule has 0 radical (unpaired) electrons. The molecule has 0 bridgehead atoms. The Bertz CT molecular complexity index is 918. The van der Waals surface area contributed by atoms with Crippen LogP contribution >= 0.6 is 11.6 Å². The van der Waals surface area contributed by atoms with E-state index in [2.05, 4.69) is 16.7 Å². The summed E-state index contributed by atoms with van der Waals surface area (Å²) in [4.78, 5) is 11.8. The highest BCUT2D eigenvalue weighted by atomic mass is 35.5. The lowest BCUT2D eigenvalue weighted by Crippen LogP contribution is -2.47. The number of methoxy groups -OCH3 is 1. The van der Waals surface area contributed by atoms with Gasteiger partial charge in [0.1, 0.15) is 0 Å². The molecule has 6 heteroatoms. The van der Waals surface area contributed by atoms with Crippen LogP contribution in [0.3, 0.4) is 0 Å². The zero-order chi connectivity index (χ0) is 24.0. The Labute approximate surface area is 202 Å². The van der Waals surface area contributed by atoms with Crippen molar-refractivity contribution in [1.29, 1.82) is 0 Å². The summed E-state index contributed by atoms with van der Waals surface area (Å²) in [5, 5.41) is 18.9. The fourth-order valence-electron chi connectivity index (χ4n) is 4.74. The van der Waals surface area contributed by atoms with E-state index in [0.29, 0.717) is 17.4 Å². The second-order valence-electron chi connectivity index (χ2n) is 9.79. The number of halogens is 1. The quantitative estimate of drug-likeness (QED) is 0.347. The number of hydrogen-bond acceptors (Lipinski definition) is 5. The highest BCUT2D eigenvalue weighted by molar-refractivity contribution is 6.30. The van der Waals surface area contributed by atoms with Crippen LogP contribution in [-0.4, -0.2) is 29.8 Å². The third-order valence-corrected chi connectivity index (χ3v) is 6.88. The standard InChI is InChI=1S/C27H37ClN2O3/c1-18(16-25(31)33-4)20-10-15-23(24(17-20)29-22-13-11-21(28)12-14-22)30-26(27(2,3)32)19-8-6-5-7-9-19/h10-15,17-19,26,29-30,32H,5-9,16H2,1-4H3. The zero-order valence-electron chi connectivity index (χ0n) is 20.2. The van der Waals surface area contributed by atoms with Crippen LogP contribution in [0.1, 0.15) is 70.8 Å². The summed E-state index contributed by atoms with van der Waals surface area (Å²) >= 11 is 6.07. The van der Waals surface area contributed by atoms with E-state index in [1.54, 1.807) is 0 Å². The minimum atomic E-state index is -0.865. The lowest BCUT2D eigenvalue weighted by atomic mass is 9.77. The number of nitrogens with one attached hydrogen (secondary N) is 2. The van der Waals surface area contributed by atoms with Gasteiger partial charge in [0.05, 0.1) is 36.5 Å². The molecular formula is C27H37ClN2O3. The Kier molecular flexibility index (Phi) is 8.66. The van der Waals surface area contributed by atoms with Gasteiger partial charge in [0.2, 0.25) is 0 Å². The number of rotatable bonds is 9. The predicted molar refractivity (Wildman–Crippen MR) is 137 cm³/mol. The number of carbonyl (C=O) groups excluding carboxylic acids is 1. The first-order valence-electron chi connectivity index (χ1n) is 11.9. The summed E-state index contributed by atoms with van der Waals surface area (Å²) < 4.78 is 4.85. The summed E-state index contributed by atoms with van der Waals surface area (Å²) in [6, 6.07) is 13.7. The second-order valence-corrected chi connectivity index (χ2v) is 10.2. The number of esters is 1. The smallest absolute Gasteiger partial charge is 0.306 e. The minimum Gasteiger partial charge on any atom is -0.469 e. The van der Waals surface area contributed by atoms with Crippen LogP contribution in [-0.2, 0) is 9.53 Å². The molecule has 0 amide bonds. The molecule has 0 aromatic heterocycles. The van der Waals surface area contributed by atoms with Crippen molar-refractivity contribution < 1.29 is 14.6 Å². The summed E-state index contributed by atoms with van der Waals surface area (Å²) in [6.07, 6.45) is 6.24. The van der Waals surface area contributed by atoms with Crippen molar-refractivity contribution in [3.63, 3.8) is 0 Å². The van der Waals surface area contributed by atoms with Crippen molar-refractivity contribution in [2.24, 2.45) is 5.92 Å². The van der Waals surface area contributed by atoms with E-state index in [0.717, 1.165) is 35.5 Å². The molecule has 2 atom stereocenters. The Morgan fingerprint density at radius 3 is 2.39 bits per heavy atom. The molecule has 1 saturated carbocycles. The normalized spacial score (nSPS) is 16.7. The maximum atomic E-state index is 11.8. The minimum absolute atomic E-state index is 0.0145. The van der Waals surface area contributed by atoms with E-state index >= 15 is 0 Å². The first kappa shape index (κ1) is 25.4. The molecule has 1 aliphatic carbocycles. The molecule has 5 nitrogen and oxygen atoms in total. The van der Waals surface area contributed by atoms with Gasteiger partial charge in [0.25, 0.3) is 0 Å². The fourth-order valence-corrected chi connectivity index (χ4v) is 4.87. The largest absolute Gasteiger partial charge is 0.469 e. The van der Waals surface area contributed by atoms with E-state index in [1.165, 1.54) is 26.4 Å². The number of aliphatic hydroxyl groups is 1. The van der Waals surface area contributed by atoms with Gasteiger partial charge in [-0.15, -0.1) is 0 Å². The second kappa shape index (κ2) is 11.3. The first-order chi connectivity index (χ1) is 15.7. The molecule has 2 unspecified atom stereocenters. The highest BCUT2D eigenvalue weighted by Crippen LogP contribution is 2.37. The maximum absolute atomic E-state index is 11.8. The first-order valence-corrected chi connectivity index (χ1v) is 12.3. The van der Waals surface area contributed by atoms with Crippen molar-refractivity contribution in [1.82, 2.24) is 0 Å². The number of benzene rings is 2. The predicted octanol–water partition coefficient (Wildman–Crippen LogP) is 6.88. The van der Waals surface area contributed by atoms with Crippen molar-refractivity contribution in [2.45, 2.75) is 76.9 Å². The average Bonchev–Trinajstić information content (AvgIpc) is 2.79.